The first-order valence-electron chi connectivity index (χ1n) is 5.15. The molecule has 0 N–H and O–H groups in total. The average molecular weight is 181 g/mol. The molecule has 2 atom stereocenters. The summed E-state index contributed by atoms with van der Waals surface area (Å²) in [5.41, 5.74) is -0.0938. The third-order valence-corrected chi connectivity index (χ3v) is 2.83. The van der Waals surface area contributed by atoms with Gasteiger partial charge in [0.05, 0.1) is 5.54 Å². The van der Waals surface area contributed by atoms with Crippen molar-refractivity contribution in [3.05, 3.63) is 12.7 Å². The van der Waals surface area contributed by atoms with Crippen molar-refractivity contribution in [1.82, 2.24) is 0 Å². The maximum absolute atomic E-state index is 4.60. The van der Waals surface area contributed by atoms with Crippen LogP contribution in [0.3, 0.4) is 0 Å². The van der Waals surface area contributed by atoms with E-state index < -0.39 is 0 Å². The van der Waals surface area contributed by atoms with Crippen molar-refractivity contribution in [1.29, 1.82) is 0 Å². The molecule has 1 nitrogen and oxygen atoms in total. The average Bonchev–Trinajstić information content (AvgIpc) is 2.13. The molecule has 0 aliphatic rings. The molecule has 0 radical (unpaired) electrons. The van der Waals surface area contributed by atoms with E-state index in [0.29, 0.717) is 11.8 Å². The van der Waals surface area contributed by atoms with Crippen LogP contribution < -0.4 is 0 Å². The molecule has 1 heteroatoms. The van der Waals surface area contributed by atoms with Crippen LogP contribution in [-0.4, -0.2) is 11.8 Å². The fourth-order valence-electron chi connectivity index (χ4n) is 0.831. The van der Waals surface area contributed by atoms with Gasteiger partial charge < -0.3 is 0 Å². The summed E-state index contributed by atoms with van der Waals surface area (Å²) in [6.45, 7) is 14.7. The minimum atomic E-state index is -0.0938. The first-order valence-corrected chi connectivity index (χ1v) is 5.15. The monoisotopic (exact) mass is 181 g/mol. The second-order valence-electron chi connectivity index (χ2n) is 4.25. The van der Waals surface area contributed by atoms with Gasteiger partial charge in [0.1, 0.15) is 0 Å². The fraction of sp³-hybridized carbons (Fsp3) is 0.750. The number of nitrogens with zero attached hydrogens (tertiary/aromatic N) is 1. The van der Waals surface area contributed by atoms with Gasteiger partial charge in [0.25, 0.3) is 0 Å². The van der Waals surface area contributed by atoms with Crippen LogP contribution >= 0.6 is 0 Å². The van der Waals surface area contributed by atoms with Crippen molar-refractivity contribution in [3.63, 3.8) is 0 Å². The number of aliphatic imine (C=N–C) groups is 1. The second-order valence-corrected chi connectivity index (χ2v) is 4.25. The van der Waals surface area contributed by atoms with Gasteiger partial charge in [0.2, 0.25) is 0 Å². The molecule has 0 fully saturated rings. The van der Waals surface area contributed by atoms with Gasteiger partial charge in [0.15, 0.2) is 0 Å². The molecule has 13 heavy (non-hydrogen) atoms. The largest absolute Gasteiger partial charge is 0.287 e. The van der Waals surface area contributed by atoms with E-state index in [1.807, 2.05) is 6.08 Å². The number of hydrogen-bond acceptors (Lipinski definition) is 1. The standard InChI is InChI=1S/C12H23N/c1-7-11(5)9-13-12(6,8-2)10(3)4/h8-11H,2,7H2,1,3-6H3. The van der Waals surface area contributed by atoms with E-state index in [0.717, 1.165) is 6.42 Å². The Morgan fingerprint density at radius 2 is 1.92 bits per heavy atom. The summed E-state index contributed by atoms with van der Waals surface area (Å²) in [7, 11) is 0. The van der Waals surface area contributed by atoms with Gasteiger partial charge in [-0.15, -0.1) is 6.58 Å². The lowest BCUT2D eigenvalue weighted by Crippen LogP contribution is -2.26. The van der Waals surface area contributed by atoms with Crippen LogP contribution in [0.1, 0.15) is 41.0 Å². The van der Waals surface area contributed by atoms with E-state index in [9.17, 15) is 0 Å². The molecule has 0 amide bonds. The number of rotatable bonds is 5. The molecule has 0 rings (SSSR count). The predicted octanol–water partition coefficient (Wildman–Crippen LogP) is 3.70. The lowest BCUT2D eigenvalue weighted by Gasteiger charge is -2.25. The maximum Gasteiger partial charge on any atom is 0.0775 e. The molecular formula is C12H23N. The van der Waals surface area contributed by atoms with Crippen LogP contribution in [0.15, 0.2) is 17.6 Å². The van der Waals surface area contributed by atoms with E-state index >= 15 is 0 Å². The fourth-order valence-corrected chi connectivity index (χ4v) is 0.831. The van der Waals surface area contributed by atoms with Crippen molar-refractivity contribution < 1.29 is 0 Å². The summed E-state index contributed by atoms with van der Waals surface area (Å²) < 4.78 is 0. The van der Waals surface area contributed by atoms with Crippen molar-refractivity contribution in [2.24, 2.45) is 16.8 Å². The van der Waals surface area contributed by atoms with Crippen molar-refractivity contribution in [2.45, 2.75) is 46.6 Å². The highest BCUT2D eigenvalue weighted by atomic mass is 14.8. The molecule has 0 heterocycles. The minimum absolute atomic E-state index is 0.0938. The first kappa shape index (κ1) is 12.4. The normalized spacial score (nSPS) is 18.9. The molecule has 0 spiro atoms. The summed E-state index contributed by atoms with van der Waals surface area (Å²) in [6.07, 6.45) is 5.15. The SMILES string of the molecule is C=CC(C)(N=CC(C)CC)C(C)C. The highest BCUT2D eigenvalue weighted by molar-refractivity contribution is 5.61. The molecular weight excluding hydrogens is 158 g/mol. The third-order valence-electron chi connectivity index (χ3n) is 2.83. The highest BCUT2D eigenvalue weighted by Gasteiger charge is 2.22. The van der Waals surface area contributed by atoms with Gasteiger partial charge in [-0.2, -0.15) is 0 Å². The molecule has 0 aliphatic heterocycles. The van der Waals surface area contributed by atoms with Gasteiger partial charge in [-0.05, 0) is 25.2 Å². The van der Waals surface area contributed by atoms with E-state index in [1.165, 1.54) is 0 Å². The Kier molecular flexibility index (Phi) is 4.97. The van der Waals surface area contributed by atoms with Crippen LogP contribution in [0.2, 0.25) is 0 Å². The quantitative estimate of drug-likeness (QED) is 0.453. The molecule has 2 unspecified atom stereocenters. The Morgan fingerprint density at radius 1 is 1.38 bits per heavy atom. The zero-order valence-corrected chi connectivity index (χ0v) is 9.67. The van der Waals surface area contributed by atoms with Gasteiger partial charge >= 0.3 is 0 Å². The summed E-state index contributed by atoms with van der Waals surface area (Å²) in [6, 6.07) is 0. The Hall–Kier alpha value is -0.590. The topological polar surface area (TPSA) is 12.4 Å². The van der Waals surface area contributed by atoms with Crippen LogP contribution in [0.4, 0.5) is 0 Å². The summed E-state index contributed by atoms with van der Waals surface area (Å²) in [5.74, 6) is 1.07. The molecule has 0 bridgehead atoms. The lowest BCUT2D eigenvalue weighted by molar-refractivity contribution is 0.422. The summed E-state index contributed by atoms with van der Waals surface area (Å²) in [5, 5.41) is 0. The molecule has 0 aromatic rings. The van der Waals surface area contributed by atoms with E-state index in [-0.39, 0.29) is 5.54 Å². The maximum atomic E-state index is 4.60. The van der Waals surface area contributed by atoms with Gasteiger partial charge in [-0.1, -0.05) is 33.8 Å². The Labute approximate surface area is 83.0 Å². The van der Waals surface area contributed by atoms with Gasteiger partial charge in [-0.3, -0.25) is 4.99 Å². The van der Waals surface area contributed by atoms with Crippen LogP contribution in [0.5, 0.6) is 0 Å². The summed E-state index contributed by atoms with van der Waals surface area (Å²) >= 11 is 0. The van der Waals surface area contributed by atoms with Gasteiger partial charge in [0, 0.05) is 6.21 Å². The van der Waals surface area contributed by atoms with Gasteiger partial charge in [-0.25, -0.2) is 0 Å². The molecule has 0 saturated carbocycles. The minimum Gasteiger partial charge on any atom is -0.287 e. The molecule has 76 valence electrons. The van der Waals surface area contributed by atoms with Crippen molar-refractivity contribution >= 4 is 6.21 Å². The Morgan fingerprint density at radius 3 is 2.23 bits per heavy atom. The smallest absolute Gasteiger partial charge is 0.0775 e. The highest BCUT2D eigenvalue weighted by Crippen LogP contribution is 2.22. The third kappa shape index (κ3) is 3.75. The van der Waals surface area contributed by atoms with Crippen LogP contribution in [0.25, 0.3) is 0 Å². The zero-order valence-electron chi connectivity index (χ0n) is 9.67. The second kappa shape index (κ2) is 5.21. The first-order chi connectivity index (χ1) is 5.96. The predicted molar refractivity (Wildman–Crippen MR) is 61.4 cm³/mol. The molecule has 0 aromatic heterocycles. The van der Waals surface area contributed by atoms with E-state index in [4.69, 9.17) is 0 Å². The van der Waals surface area contributed by atoms with Crippen LogP contribution in [0, 0.1) is 11.8 Å². The zero-order chi connectivity index (χ0) is 10.5. The van der Waals surface area contributed by atoms with E-state index in [1.54, 1.807) is 0 Å². The molecule has 0 aliphatic carbocycles. The Balaban J connectivity index is 4.43. The number of hydrogen-bond donors (Lipinski definition) is 0. The van der Waals surface area contributed by atoms with Crippen LogP contribution in [-0.2, 0) is 0 Å². The lowest BCUT2D eigenvalue weighted by atomic mass is 9.89. The molecule has 0 saturated heterocycles. The van der Waals surface area contributed by atoms with E-state index in [2.05, 4.69) is 52.4 Å². The van der Waals surface area contributed by atoms with Crippen molar-refractivity contribution in [2.75, 3.05) is 0 Å². The molecule has 0 aromatic carbocycles. The Bertz CT molecular complexity index is 182. The summed E-state index contributed by atoms with van der Waals surface area (Å²) in [4.78, 5) is 4.60. The van der Waals surface area contributed by atoms with Crippen molar-refractivity contribution in [3.8, 4) is 0 Å².